The fraction of sp³-hybridized carbons (Fsp3) is 0.294. The molecule has 0 atom stereocenters. The van der Waals surface area contributed by atoms with Crippen molar-refractivity contribution < 1.29 is 14.2 Å². The van der Waals surface area contributed by atoms with Crippen molar-refractivity contribution in [3.05, 3.63) is 53.6 Å². The smallest absolute Gasteiger partial charge is 0.123 e. The lowest BCUT2D eigenvalue weighted by atomic mass is 10.1. The Kier molecular flexibility index (Phi) is 5.46. The van der Waals surface area contributed by atoms with Gasteiger partial charge in [0.1, 0.15) is 23.9 Å². The first-order valence-corrected chi connectivity index (χ1v) is 6.89. The third-order valence-corrected chi connectivity index (χ3v) is 3.21. The van der Waals surface area contributed by atoms with Crippen LogP contribution >= 0.6 is 0 Å². The summed E-state index contributed by atoms with van der Waals surface area (Å²) in [7, 11) is 3.31. The molecule has 2 rings (SSSR count). The molecule has 0 fully saturated rings. The Morgan fingerprint density at radius 2 is 1.71 bits per heavy atom. The highest BCUT2D eigenvalue weighted by Gasteiger charge is 2.06. The van der Waals surface area contributed by atoms with Crippen LogP contribution in [0.15, 0.2) is 42.5 Å². The summed E-state index contributed by atoms with van der Waals surface area (Å²) in [5.41, 5.74) is 7.77. The molecule has 0 unspecified atom stereocenters. The van der Waals surface area contributed by atoms with E-state index >= 15 is 0 Å². The van der Waals surface area contributed by atoms with E-state index in [0.717, 1.165) is 34.8 Å². The standard InChI is InChI=1S/C17H21NO3/c1-19-15-5-3-4-13(10-15)12-21-17-7-6-16(20-2)11-14(17)8-9-18/h3-7,10-11H,8-9,12,18H2,1-2H3. The molecule has 0 aliphatic heterocycles. The SMILES string of the molecule is COc1cccc(COc2ccc(OC)cc2CCN)c1. The highest BCUT2D eigenvalue weighted by Crippen LogP contribution is 2.25. The molecule has 0 saturated carbocycles. The Morgan fingerprint density at radius 3 is 2.43 bits per heavy atom. The molecule has 4 nitrogen and oxygen atoms in total. The van der Waals surface area contributed by atoms with Crippen LogP contribution in [0, 0.1) is 0 Å². The van der Waals surface area contributed by atoms with Gasteiger partial charge in [0.05, 0.1) is 14.2 Å². The van der Waals surface area contributed by atoms with E-state index in [9.17, 15) is 0 Å². The zero-order valence-corrected chi connectivity index (χ0v) is 12.5. The van der Waals surface area contributed by atoms with Crippen LogP contribution in [0.3, 0.4) is 0 Å². The minimum Gasteiger partial charge on any atom is -0.497 e. The lowest BCUT2D eigenvalue weighted by Gasteiger charge is -2.13. The van der Waals surface area contributed by atoms with E-state index in [4.69, 9.17) is 19.9 Å². The van der Waals surface area contributed by atoms with E-state index in [0.29, 0.717) is 13.2 Å². The fourth-order valence-electron chi connectivity index (χ4n) is 2.10. The second kappa shape index (κ2) is 7.55. The molecule has 2 N–H and O–H groups in total. The van der Waals surface area contributed by atoms with E-state index in [-0.39, 0.29) is 0 Å². The Morgan fingerprint density at radius 1 is 0.952 bits per heavy atom. The van der Waals surface area contributed by atoms with Gasteiger partial charge in [-0.05, 0) is 54.4 Å². The van der Waals surface area contributed by atoms with Crippen LogP contribution < -0.4 is 19.9 Å². The Bertz CT molecular complexity index is 584. The average molecular weight is 287 g/mol. The summed E-state index contributed by atoms with van der Waals surface area (Å²) in [5, 5.41) is 0. The van der Waals surface area contributed by atoms with Gasteiger partial charge in [0.15, 0.2) is 0 Å². The number of methoxy groups -OCH3 is 2. The van der Waals surface area contributed by atoms with E-state index in [2.05, 4.69) is 0 Å². The fourth-order valence-corrected chi connectivity index (χ4v) is 2.10. The summed E-state index contributed by atoms with van der Waals surface area (Å²) in [5.74, 6) is 2.48. The molecule has 112 valence electrons. The van der Waals surface area contributed by atoms with Crippen LogP contribution in [0.5, 0.6) is 17.2 Å². The van der Waals surface area contributed by atoms with Gasteiger partial charge in [-0.25, -0.2) is 0 Å². The molecule has 4 heteroatoms. The molecule has 0 aliphatic rings. The monoisotopic (exact) mass is 287 g/mol. The van der Waals surface area contributed by atoms with Crippen molar-refractivity contribution in [1.29, 1.82) is 0 Å². The maximum absolute atomic E-state index is 5.91. The summed E-state index contributed by atoms with van der Waals surface area (Å²) in [6.45, 7) is 1.06. The minimum atomic E-state index is 0.487. The van der Waals surface area contributed by atoms with Gasteiger partial charge in [-0.2, -0.15) is 0 Å². The number of ether oxygens (including phenoxy) is 3. The third kappa shape index (κ3) is 4.13. The Balaban J connectivity index is 2.11. The summed E-state index contributed by atoms with van der Waals surface area (Å²) >= 11 is 0. The first-order valence-electron chi connectivity index (χ1n) is 6.89. The van der Waals surface area contributed by atoms with Crippen LogP contribution in [0.2, 0.25) is 0 Å². The lowest BCUT2D eigenvalue weighted by Crippen LogP contribution is -2.06. The molecular formula is C17H21NO3. The van der Waals surface area contributed by atoms with Crippen LogP contribution in [-0.2, 0) is 13.0 Å². The first kappa shape index (κ1) is 15.2. The summed E-state index contributed by atoms with van der Waals surface area (Å²) < 4.78 is 16.4. The number of benzene rings is 2. The van der Waals surface area contributed by atoms with Crippen LogP contribution in [0.25, 0.3) is 0 Å². The van der Waals surface area contributed by atoms with Crippen molar-refractivity contribution in [3.8, 4) is 17.2 Å². The molecule has 0 saturated heterocycles. The van der Waals surface area contributed by atoms with Crippen molar-refractivity contribution in [2.75, 3.05) is 20.8 Å². The highest BCUT2D eigenvalue weighted by molar-refractivity contribution is 5.41. The molecule has 0 aliphatic carbocycles. The zero-order chi connectivity index (χ0) is 15.1. The largest absolute Gasteiger partial charge is 0.497 e. The van der Waals surface area contributed by atoms with Gasteiger partial charge in [0.25, 0.3) is 0 Å². The van der Waals surface area contributed by atoms with Crippen LogP contribution in [0.4, 0.5) is 0 Å². The van der Waals surface area contributed by atoms with Crippen LogP contribution in [0.1, 0.15) is 11.1 Å². The van der Waals surface area contributed by atoms with Crippen molar-refractivity contribution in [2.45, 2.75) is 13.0 Å². The highest BCUT2D eigenvalue weighted by atomic mass is 16.5. The lowest BCUT2D eigenvalue weighted by molar-refractivity contribution is 0.301. The Hall–Kier alpha value is -2.20. The van der Waals surface area contributed by atoms with Crippen molar-refractivity contribution in [3.63, 3.8) is 0 Å². The molecular weight excluding hydrogens is 266 g/mol. The second-order valence-electron chi connectivity index (χ2n) is 4.65. The van der Waals surface area contributed by atoms with Gasteiger partial charge in [-0.15, -0.1) is 0 Å². The van der Waals surface area contributed by atoms with Gasteiger partial charge >= 0.3 is 0 Å². The van der Waals surface area contributed by atoms with E-state index in [1.54, 1.807) is 14.2 Å². The summed E-state index contributed by atoms with van der Waals surface area (Å²) in [6, 6.07) is 13.6. The molecule has 0 spiro atoms. The third-order valence-electron chi connectivity index (χ3n) is 3.21. The first-order chi connectivity index (χ1) is 10.3. The van der Waals surface area contributed by atoms with Crippen LogP contribution in [-0.4, -0.2) is 20.8 Å². The average Bonchev–Trinajstić information content (AvgIpc) is 2.54. The van der Waals surface area contributed by atoms with E-state index < -0.39 is 0 Å². The summed E-state index contributed by atoms with van der Waals surface area (Å²) in [4.78, 5) is 0. The molecule has 0 aromatic heterocycles. The minimum absolute atomic E-state index is 0.487. The maximum atomic E-state index is 5.91. The van der Waals surface area contributed by atoms with Gasteiger partial charge in [0, 0.05) is 0 Å². The normalized spacial score (nSPS) is 10.2. The van der Waals surface area contributed by atoms with Gasteiger partial charge < -0.3 is 19.9 Å². The molecule has 0 amide bonds. The predicted molar refractivity (Wildman–Crippen MR) is 83.1 cm³/mol. The molecule has 21 heavy (non-hydrogen) atoms. The number of hydrogen-bond donors (Lipinski definition) is 1. The van der Waals surface area contributed by atoms with E-state index in [1.165, 1.54) is 0 Å². The molecule has 0 heterocycles. The van der Waals surface area contributed by atoms with Gasteiger partial charge in [-0.1, -0.05) is 12.1 Å². The quantitative estimate of drug-likeness (QED) is 0.851. The predicted octanol–water partition coefficient (Wildman–Crippen LogP) is 2.78. The second-order valence-corrected chi connectivity index (χ2v) is 4.65. The molecule has 2 aromatic rings. The van der Waals surface area contributed by atoms with Gasteiger partial charge in [0.2, 0.25) is 0 Å². The van der Waals surface area contributed by atoms with Crippen molar-refractivity contribution in [2.24, 2.45) is 5.73 Å². The zero-order valence-electron chi connectivity index (χ0n) is 12.5. The molecule has 0 bridgehead atoms. The van der Waals surface area contributed by atoms with E-state index in [1.807, 2.05) is 42.5 Å². The number of rotatable bonds is 7. The topological polar surface area (TPSA) is 53.7 Å². The van der Waals surface area contributed by atoms with Gasteiger partial charge in [-0.3, -0.25) is 0 Å². The Labute approximate surface area is 125 Å². The molecule has 0 radical (unpaired) electrons. The molecule has 2 aromatic carbocycles. The summed E-state index contributed by atoms with van der Waals surface area (Å²) in [6.07, 6.45) is 0.755. The number of hydrogen-bond acceptors (Lipinski definition) is 4. The maximum Gasteiger partial charge on any atom is 0.123 e. The van der Waals surface area contributed by atoms with Crippen molar-refractivity contribution in [1.82, 2.24) is 0 Å². The number of nitrogens with two attached hydrogens (primary N) is 1. The van der Waals surface area contributed by atoms with Crippen molar-refractivity contribution >= 4 is 0 Å².